The monoisotopic (exact) mass is 576 g/mol. The number of amides is 2. The fourth-order valence-electron chi connectivity index (χ4n) is 5.20. The van der Waals surface area contributed by atoms with E-state index in [2.05, 4.69) is 17.9 Å². The molecule has 2 aliphatic heterocycles. The first kappa shape index (κ1) is 28.9. The maximum Gasteiger partial charge on any atom is 0.262 e. The van der Waals surface area contributed by atoms with Gasteiger partial charge >= 0.3 is 0 Å². The number of carbonyl (C=O) groups is 2. The predicted molar refractivity (Wildman–Crippen MR) is 158 cm³/mol. The summed E-state index contributed by atoms with van der Waals surface area (Å²) in [5.41, 5.74) is 5.03. The molecule has 0 N–H and O–H groups in total. The zero-order chi connectivity index (χ0) is 28.9. The molecule has 0 saturated carbocycles. The van der Waals surface area contributed by atoms with Gasteiger partial charge in [-0.1, -0.05) is 48.0 Å². The Balaban J connectivity index is 1.44. The molecular weight excluding hydrogens is 543 g/mol. The number of hydrazone groups is 1. The minimum Gasteiger partial charge on any atom is -0.379 e. The third-order valence-electron chi connectivity index (χ3n) is 7.74. The van der Waals surface area contributed by atoms with Gasteiger partial charge in [-0.05, 0) is 66.4 Å². The summed E-state index contributed by atoms with van der Waals surface area (Å²) >= 11 is 6.60. The van der Waals surface area contributed by atoms with Gasteiger partial charge in [0.15, 0.2) is 0 Å². The number of aryl methyl sites for hydroxylation is 2. The first-order valence-electron chi connectivity index (χ1n) is 13.9. The van der Waals surface area contributed by atoms with Crippen LogP contribution in [0.3, 0.4) is 0 Å². The summed E-state index contributed by atoms with van der Waals surface area (Å²) in [6.07, 6.45) is 0.490. The summed E-state index contributed by atoms with van der Waals surface area (Å²) in [4.78, 5) is 31.2. The van der Waals surface area contributed by atoms with Crippen LogP contribution in [-0.4, -0.2) is 78.3 Å². The van der Waals surface area contributed by atoms with Gasteiger partial charge in [0.1, 0.15) is 12.4 Å². The Hall–Kier alpha value is -3.59. The van der Waals surface area contributed by atoms with Crippen LogP contribution in [0.5, 0.6) is 0 Å². The summed E-state index contributed by atoms with van der Waals surface area (Å²) in [7, 11) is 0. The lowest BCUT2D eigenvalue weighted by atomic mass is 9.96. The number of ether oxygens (including phenoxy) is 1. The molecule has 41 heavy (non-hydrogen) atoms. The molecule has 0 spiro atoms. The minimum absolute atomic E-state index is 0.197. The van der Waals surface area contributed by atoms with E-state index in [1.54, 1.807) is 12.1 Å². The Morgan fingerprint density at radius 2 is 1.80 bits per heavy atom. The molecule has 2 amide bonds. The summed E-state index contributed by atoms with van der Waals surface area (Å²) < 4.78 is 19.5. The van der Waals surface area contributed by atoms with E-state index in [9.17, 15) is 14.0 Å². The molecule has 9 heteroatoms. The van der Waals surface area contributed by atoms with Crippen LogP contribution in [0.25, 0.3) is 0 Å². The SMILES string of the molecule is Cc1ccc(C2=NN(C(=O)CN(CCN3CCOCC3)C(=O)c3cccc(F)c3)C(c3ccccc3Cl)C2)cc1C. The summed E-state index contributed by atoms with van der Waals surface area (Å²) in [6, 6.07) is 18.7. The molecule has 0 aliphatic carbocycles. The van der Waals surface area contributed by atoms with E-state index in [1.807, 2.05) is 37.3 Å². The van der Waals surface area contributed by atoms with Crippen molar-refractivity contribution < 1.29 is 18.7 Å². The van der Waals surface area contributed by atoms with Gasteiger partial charge < -0.3 is 9.64 Å². The Labute approximate surface area is 245 Å². The molecule has 0 radical (unpaired) electrons. The maximum absolute atomic E-state index is 14.0. The highest BCUT2D eigenvalue weighted by atomic mass is 35.5. The molecule has 1 unspecified atom stereocenters. The summed E-state index contributed by atoms with van der Waals surface area (Å²) in [5, 5.41) is 6.81. The fourth-order valence-corrected chi connectivity index (χ4v) is 5.46. The molecule has 1 atom stereocenters. The van der Waals surface area contributed by atoms with Crippen LogP contribution in [0.4, 0.5) is 4.39 Å². The number of rotatable bonds is 8. The zero-order valence-electron chi connectivity index (χ0n) is 23.4. The van der Waals surface area contributed by atoms with Crippen LogP contribution in [-0.2, 0) is 9.53 Å². The highest BCUT2D eigenvalue weighted by Crippen LogP contribution is 2.36. The highest BCUT2D eigenvalue weighted by molar-refractivity contribution is 6.31. The van der Waals surface area contributed by atoms with Crippen molar-refractivity contribution in [3.8, 4) is 0 Å². The van der Waals surface area contributed by atoms with Crippen molar-refractivity contribution in [2.45, 2.75) is 26.3 Å². The quantitative estimate of drug-likeness (QED) is 0.367. The molecule has 0 aromatic heterocycles. The molecule has 5 rings (SSSR count). The molecule has 3 aromatic rings. The zero-order valence-corrected chi connectivity index (χ0v) is 24.1. The first-order chi connectivity index (χ1) is 19.8. The number of hydrogen-bond donors (Lipinski definition) is 0. The molecular formula is C32H34ClFN4O3. The standard InChI is InChI=1S/C32H34ClFN4O3/c1-22-10-11-24(18-23(22)2)29-20-30(27-8-3-4-9-28(27)33)38(35-29)31(39)21-37(13-12-36-14-16-41-17-15-36)32(40)25-6-5-7-26(34)19-25/h3-11,18-19,30H,12-17,20-21H2,1-2H3. The number of hydrogen-bond acceptors (Lipinski definition) is 5. The number of carbonyl (C=O) groups excluding carboxylic acids is 2. The third-order valence-corrected chi connectivity index (χ3v) is 8.09. The molecule has 7 nitrogen and oxygen atoms in total. The lowest BCUT2D eigenvalue weighted by Gasteiger charge is -2.31. The van der Waals surface area contributed by atoms with Crippen molar-refractivity contribution in [2.75, 3.05) is 45.9 Å². The van der Waals surface area contributed by atoms with E-state index < -0.39 is 17.8 Å². The average Bonchev–Trinajstić information content (AvgIpc) is 3.42. The van der Waals surface area contributed by atoms with Crippen LogP contribution in [0, 0.1) is 19.7 Å². The van der Waals surface area contributed by atoms with Crippen LogP contribution >= 0.6 is 11.6 Å². The van der Waals surface area contributed by atoms with E-state index >= 15 is 0 Å². The maximum atomic E-state index is 14.0. The molecule has 214 valence electrons. The largest absolute Gasteiger partial charge is 0.379 e. The lowest BCUT2D eigenvalue weighted by Crippen LogP contribution is -2.46. The Bertz CT molecular complexity index is 1460. The molecule has 2 heterocycles. The van der Waals surface area contributed by atoms with Crippen molar-refractivity contribution in [1.82, 2.24) is 14.8 Å². The Morgan fingerprint density at radius 1 is 1.02 bits per heavy atom. The second kappa shape index (κ2) is 12.9. The van der Waals surface area contributed by atoms with Crippen LogP contribution < -0.4 is 0 Å². The molecule has 1 saturated heterocycles. The normalized spacial score (nSPS) is 17.4. The van der Waals surface area contributed by atoms with Gasteiger partial charge in [0.2, 0.25) is 0 Å². The van der Waals surface area contributed by atoms with E-state index in [4.69, 9.17) is 21.4 Å². The number of benzene rings is 3. The summed E-state index contributed by atoms with van der Waals surface area (Å²) in [5.74, 6) is -1.24. The van der Waals surface area contributed by atoms with Crippen molar-refractivity contribution in [1.29, 1.82) is 0 Å². The van der Waals surface area contributed by atoms with E-state index in [1.165, 1.54) is 33.7 Å². The molecule has 2 aliphatic rings. The molecule has 3 aromatic carbocycles. The van der Waals surface area contributed by atoms with Gasteiger partial charge in [0.05, 0.1) is 25.0 Å². The predicted octanol–water partition coefficient (Wildman–Crippen LogP) is 5.25. The Morgan fingerprint density at radius 3 is 2.54 bits per heavy atom. The van der Waals surface area contributed by atoms with Crippen molar-refractivity contribution in [3.63, 3.8) is 0 Å². The van der Waals surface area contributed by atoms with Crippen LogP contribution in [0.1, 0.15) is 45.1 Å². The van der Waals surface area contributed by atoms with Gasteiger partial charge in [-0.15, -0.1) is 0 Å². The van der Waals surface area contributed by atoms with Crippen LogP contribution in [0.15, 0.2) is 71.8 Å². The van der Waals surface area contributed by atoms with E-state index in [0.29, 0.717) is 37.7 Å². The second-order valence-electron chi connectivity index (χ2n) is 10.5. The third kappa shape index (κ3) is 6.84. The van der Waals surface area contributed by atoms with Crippen LogP contribution in [0.2, 0.25) is 5.02 Å². The first-order valence-corrected chi connectivity index (χ1v) is 14.2. The second-order valence-corrected chi connectivity index (χ2v) is 10.9. The lowest BCUT2D eigenvalue weighted by molar-refractivity contribution is -0.133. The summed E-state index contributed by atoms with van der Waals surface area (Å²) in [6.45, 7) is 7.53. The van der Waals surface area contributed by atoms with Crippen molar-refractivity contribution >= 4 is 29.1 Å². The van der Waals surface area contributed by atoms with Gasteiger partial charge in [-0.25, -0.2) is 9.40 Å². The fraction of sp³-hybridized carbons (Fsp3) is 0.344. The van der Waals surface area contributed by atoms with Crippen molar-refractivity contribution in [3.05, 3.63) is 105 Å². The minimum atomic E-state index is -0.503. The molecule has 1 fully saturated rings. The Kier molecular flexibility index (Phi) is 9.12. The van der Waals surface area contributed by atoms with Gasteiger partial charge in [-0.3, -0.25) is 14.5 Å². The molecule has 0 bridgehead atoms. The number of morpholine rings is 1. The van der Waals surface area contributed by atoms with E-state index in [-0.39, 0.29) is 18.0 Å². The van der Waals surface area contributed by atoms with Crippen molar-refractivity contribution in [2.24, 2.45) is 5.10 Å². The smallest absolute Gasteiger partial charge is 0.262 e. The number of halogens is 2. The van der Waals surface area contributed by atoms with Gasteiger partial charge in [0, 0.05) is 43.2 Å². The van der Waals surface area contributed by atoms with Gasteiger partial charge in [-0.2, -0.15) is 5.10 Å². The average molecular weight is 577 g/mol. The van der Waals surface area contributed by atoms with Gasteiger partial charge in [0.25, 0.3) is 11.8 Å². The number of nitrogens with zero attached hydrogens (tertiary/aromatic N) is 4. The highest BCUT2D eigenvalue weighted by Gasteiger charge is 2.35. The van der Waals surface area contributed by atoms with E-state index in [0.717, 1.165) is 35.5 Å². The topological polar surface area (TPSA) is 65.5 Å².